The molecule has 7 heteroatoms. The Morgan fingerprint density at radius 1 is 1.30 bits per heavy atom. The van der Waals surface area contributed by atoms with Crippen molar-refractivity contribution in [1.82, 2.24) is 5.32 Å². The highest BCUT2D eigenvalue weighted by molar-refractivity contribution is 5.95. The van der Waals surface area contributed by atoms with E-state index in [-0.39, 0.29) is 12.5 Å². The number of amides is 1. The monoisotopic (exact) mass is 331 g/mol. The van der Waals surface area contributed by atoms with Crippen molar-refractivity contribution in [3.8, 4) is 0 Å². The van der Waals surface area contributed by atoms with Gasteiger partial charge >= 0.3 is 6.18 Å². The molecule has 1 heterocycles. The second-order valence-corrected chi connectivity index (χ2v) is 5.61. The van der Waals surface area contributed by atoms with Gasteiger partial charge in [0.1, 0.15) is 0 Å². The minimum atomic E-state index is -4.57. The standard InChI is InChI=1S/C16H20F3NO3/c17-16(18,19)13-4-2-1-3-12(13)15(22)20-8-5-14(21)11-6-9-23-10-7-11/h1-4,11,14,21H,5-10H2,(H,20,22). The maximum absolute atomic E-state index is 12.9. The zero-order chi connectivity index (χ0) is 16.9. The lowest BCUT2D eigenvalue weighted by molar-refractivity contribution is -0.137. The van der Waals surface area contributed by atoms with Gasteiger partial charge in [-0.25, -0.2) is 0 Å². The number of ether oxygens (including phenoxy) is 1. The van der Waals surface area contributed by atoms with Crippen LogP contribution in [0, 0.1) is 5.92 Å². The number of aliphatic hydroxyl groups excluding tert-OH is 1. The van der Waals surface area contributed by atoms with Gasteiger partial charge in [-0.1, -0.05) is 12.1 Å². The Kier molecular flexibility index (Phi) is 6.01. The second-order valence-electron chi connectivity index (χ2n) is 5.61. The summed E-state index contributed by atoms with van der Waals surface area (Å²) in [7, 11) is 0. The van der Waals surface area contributed by atoms with Crippen LogP contribution in [0.25, 0.3) is 0 Å². The maximum atomic E-state index is 12.9. The fraction of sp³-hybridized carbons (Fsp3) is 0.562. The summed E-state index contributed by atoms with van der Waals surface area (Å²) in [4.78, 5) is 12.0. The summed E-state index contributed by atoms with van der Waals surface area (Å²) >= 11 is 0. The number of hydrogen-bond donors (Lipinski definition) is 2. The molecular weight excluding hydrogens is 311 g/mol. The highest BCUT2D eigenvalue weighted by atomic mass is 19.4. The van der Waals surface area contributed by atoms with Crippen LogP contribution in [0.15, 0.2) is 24.3 Å². The van der Waals surface area contributed by atoms with Gasteiger partial charge in [-0.15, -0.1) is 0 Å². The maximum Gasteiger partial charge on any atom is 0.417 e. The Labute approximate surface area is 132 Å². The normalized spacial score (nSPS) is 17.7. The summed E-state index contributed by atoms with van der Waals surface area (Å²) in [6, 6.07) is 4.66. The van der Waals surface area contributed by atoms with E-state index in [4.69, 9.17) is 4.74 Å². The minimum Gasteiger partial charge on any atom is -0.393 e. The number of benzene rings is 1. The lowest BCUT2D eigenvalue weighted by Crippen LogP contribution is -2.33. The van der Waals surface area contributed by atoms with Crippen LogP contribution in [0.3, 0.4) is 0 Å². The average molecular weight is 331 g/mol. The van der Waals surface area contributed by atoms with E-state index in [1.807, 2.05) is 0 Å². The zero-order valence-corrected chi connectivity index (χ0v) is 12.6. The predicted molar refractivity (Wildman–Crippen MR) is 77.9 cm³/mol. The molecule has 1 aromatic rings. The molecule has 1 aliphatic rings. The SMILES string of the molecule is O=C(NCCC(O)C1CCOCC1)c1ccccc1C(F)(F)F. The number of alkyl halides is 3. The fourth-order valence-electron chi connectivity index (χ4n) is 2.69. The highest BCUT2D eigenvalue weighted by Gasteiger charge is 2.34. The van der Waals surface area contributed by atoms with Crippen molar-refractivity contribution in [3.05, 3.63) is 35.4 Å². The molecule has 2 rings (SSSR count). The summed E-state index contributed by atoms with van der Waals surface area (Å²) in [5.41, 5.74) is -1.36. The van der Waals surface area contributed by atoms with Gasteiger partial charge in [-0.2, -0.15) is 13.2 Å². The Bertz CT molecular complexity index is 528. The number of carbonyl (C=O) groups excluding carboxylic acids is 1. The number of halogens is 3. The Balaban J connectivity index is 1.88. The number of carbonyl (C=O) groups is 1. The summed E-state index contributed by atoms with van der Waals surface area (Å²) in [6.07, 6.45) is -3.34. The third kappa shape index (κ3) is 4.94. The first-order chi connectivity index (χ1) is 10.9. The molecule has 1 aromatic carbocycles. The smallest absolute Gasteiger partial charge is 0.393 e. The van der Waals surface area contributed by atoms with E-state index in [0.29, 0.717) is 19.6 Å². The molecule has 2 N–H and O–H groups in total. The number of aliphatic hydroxyl groups is 1. The van der Waals surface area contributed by atoms with Crippen molar-refractivity contribution in [3.63, 3.8) is 0 Å². The van der Waals surface area contributed by atoms with Crippen LogP contribution in [0.5, 0.6) is 0 Å². The van der Waals surface area contributed by atoms with Crippen LogP contribution in [0.1, 0.15) is 35.2 Å². The molecule has 1 saturated heterocycles. The van der Waals surface area contributed by atoms with Crippen LogP contribution in [-0.2, 0) is 10.9 Å². The highest BCUT2D eigenvalue weighted by Crippen LogP contribution is 2.31. The fourth-order valence-corrected chi connectivity index (χ4v) is 2.69. The van der Waals surface area contributed by atoms with Gasteiger partial charge in [0.15, 0.2) is 0 Å². The lowest BCUT2D eigenvalue weighted by atomic mass is 9.92. The van der Waals surface area contributed by atoms with Crippen LogP contribution in [0.4, 0.5) is 13.2 Å². The van der Waals surface area contributed by atoms with Crippen molar-refractivity contribution in [2.45, 2.75) is 31.5 Å². The number of nitrogens with one attached hydrogen (secondary N) is 1. The minimum absolute atomic E-state index is 0.114. The lowest BCUT2D eigenvalue weighted by Gasteiger charge is -2.26. The Hall–Kier alpha value is -1.60. The van der Waals surface area contributed by atoms with Crippen LogP contribution in [0.2, 0.25) is 0 Å². The zero-order valence-electron chi connectivity index (χ0n) is 12.6. The number of hydrogen-bond acceptors (Lipinski definition) is 3. The molecule has 0 saturated carbocycles. The molecule has 0 aromatic heterocycles. The molecular formula is C16H20F3NO3. The van der Waals surface area contributed by atoms with E-state index in [0.717, 1.165) is 25.0 Å². The summed E-state index contributed by atoms with van der Waals surface area (Å²) in [5.74, 6) is -0.666. The van der Waals surface area contributed by atoms with Crippen LogP contribution >= 0.6 is 0 Å². The molecule has 1 fully saturated rings. The second kappa shape index (κ2) is 7.79. The predicted octanol–water partition coefficient (Wildman–Crippen LogP) is 2.61. The van der Waals surface area contributed by atoms with Crippen molar-refractivity contribution >= 4 is 5.91 Å². The van der Waals surface area contributed by atoms with Gasteiger partial charge in [0.2, 0.25) is 0 Å². The molecule has 0 radical (unpaired) electrons. The van der Waals surface area contributed by atoms with E-state index in [1.54, 1.807) is 0 Å². The summed E-state index contributed by atoms with van der Waals surface area (Å²) in [6.45, 7) is 1.34. The molecule has 1 atom stereocenters. The van der Waals surface area contributed by atoms with Crippen LogP contribution in [-0.4, -0.2) is 36.9 Å². The molecule has 1 unspecified atom stereocenters. The van der Waals surface area contributed by atoms with Crippen LogP contribution < -0.4 is 5.32 Å². The first-order valence-electron chi connectivity index (χ1n) is 7.60. The summed E-state index contributed by atoms with van der Waals surface area (Å²) in [5, 5.41) is 12.5. The van der Waals surface area contributed by atoms with E-state index in [9.17, 15) is 23.1 Å². The van der Waals surface area contributed by atoms with E-state index < -0.39 is 29.3 Å². The summed E-state index contributed by atoms with van der Waals surface area (Å²) < 4.78 is 43.8. The molecule has 4 nitrogen and oxygen atoms in total. The van der Waals surface area contributed by atoms with E-state index in [1.165, 1.54) is 12.1 Å². The molecule has 0 bridgehead atoms. The third-order valence-electron chi connectivity index (χ3n) is 4.01. The first-order valence-corrected chi connectivity index (χ1v) is 7.60. The molecule has 128 valence electrons. The third-order valence-corrected chi connectivity index (χ3v) is 4.01. The quantitative estimate of drug-likeness (QED) is 0.872. The average Bonchev–Trinajstić information content (AvgIpc) is 2.54. The molecule has 0 spiro atoms. The van der Waals surface area contributed by atoms with Gasteiger partial charge < -0.3 is 15.2 Å². The van der Waals surface area contributed by atoms with Crippen molar-refractivity contribution < 1.29 is 27.8 Å². The Morgan fingerprint density at radius 2 is 1.96 bits per heavy atom. The van der Waals surface area contributed by atoms with Gasteiger partial charge in [0.05, 0.1) is 17.2 Å². The van der Waals surface area contributed by atoms with Crippen molar-refractivity contribution in [2.24, 2.45) is 5.92 Å². The molecule has 1 aliphatic heterocycles. The molecule has 23 heavy (non-hydrogen) atoms. The van der Waals surface area contributed by atoms with Crippen molar-refractivity contribution in [2.75, 3.05) is 19.8 Å². The van der Waals surface area contributed by atoms with Gasteiger partial charge in [0, 0.05) is 19.8 Å². The number of rotatable bonds is 5. The molecule has 1 amide bonds. The van der Waals surface area contributed by atoms with E-state index >= 15 is 0 Å². The Morgan fingerprint density at radius 3 is 2.61 bits per heavy atom. The van der Waals surface area contributed by atoms with Gasteiger partial charge in [-0.3, -0.25) is 4.79 Å². The first kappa shape index (κ1) is 17.7. The largest absolute Gasteiger partial charge is 0.417 e. The van der Waals surface area contributed by atoms with E-state index in [2.05, 4.69) is 5.32 Å². The topological polar surface area (TPSA) is 58.6 Å². The van der Waals surface area contributed by atoms with Gasteiger partial charge in [-0.05, 0) is 37.3 Å². The van der Waals surface area contributed by atoms with Gasteiger partial charge in [0.25, 0.3) is 5.91 Å². The van der Waals surface area contributed by atoms with Crippen molar-refractivity contribution in [1.29, 1.82) is 0 Å². The molecule has 0 aliphatic carbocycles.